The number of carbonyl (C=O) groups excluding carboxylic acids is 2. The minimum absolute atomic E-state index is 0.0722. The summed E-state index contributed by atoms with van der Waals surface area (Å²) in [5.74, 6) is -0.821. The number of anilines is 2. The van der Waals surface area contributed by atoms with Crippen molar-refractivity contribution in [2.75, 3.05) is 16.3 Å². The highest BCUT2D eigenvalue weighted by atomic mass is 16.6. The van der Waals surface area contributed by atoms with Crippen LogP contribution in [0, 0.1) is 24.0 Å². The first-order valence-electron chi connectivity index (χ1n) is 11.2. The van der Waals surface area contributed by atoms with E-state index in [1.54, 1.807) is 18.2 Å². The average molecular weight is 453 g/mol. The number of nitro groups is 1. The Bertz CT molecular complexity index is 1370. The molecule has 7 heteroatoms. The topological polar surface area (TPSA) is 83.8 Å². The van der Waals surface area contributed by atoms with Crippen LogP contribution in [0.1, 0.15) is 28.7 Å². The van der Waals surface area contributed by atoms with Crippen LogP contribution >= 0.6 is 0 Å². The van der Waals surface area contributed by atoms with Gasteiger partial charge in [0.05, 0.1) is 16.2 Å². The minimum Gasteiger partial charge on any atom is -0.336 e. The fourth-order valence-electron chi connectivity index (χ4n) is 4.64. The molecule has 0 saturated carbocycles. The lowest BCUT2D eigenvalue weighted by atomic mass is 9.98. The molecule has 3 aromatic rings. The molecule has 2 heterocycles. The molecule has 0 saturated heterocycles. The molecular formula is C27H23N3O4. The van der Waals surface area contributed by atoms with Crippen LogP contribution in [0.4, 0.5) is 17.1 Å². The van der Waals surface area contributed by atoms with E-state index >= 15 is 0 Å². The van der Waals surface area contributed by atoms with Crippen LogP contribution in [0.25, 0.3) is 5.57 Å². The van der Waals surface area contributed by atoms with Crippen molar-refractivity contribution in [2.24, 2.45) is 0 Å². The number of nitro benzene ring substituents is 1. The van der Waals surface area contributed by atoms with Crippen LogP contribution in [-0.4, -0.2) is 23.3 Å². The van der Waals surface area contributed by atoms with Gasteiger partial charge in [0.15, 0.2) is 0 Å². The molecule has 2 aliphatic rings. The highest BCUT2D eigenvalue weighted by molar-refractivity contribution is 6.46. The number of hydrogen-bond donors (Lipinski definition) is 0. The Morgan fingerprint density at radius 3 is 2.32 bits per heavy atom. The van der Waals surface area contributed by atoms with Gasteiger partial charge in [-0.2, -0.15) is 0 Å². The van der Waals surface area contributed by atoms with Gasteiger partial charge in [0.25, 0.3) is 17.5 Å². The average Bonchev–Trinajstić information content (AvgIpc) is 3.10. The van der Waals surface area contributed by atoms with Crippen LogP contribution in [-0.2, 0) is 16.0 Å². The van der Waals surface area contributed by atoms with Crippen LogP contribution in [0.5, 0.6) is 0 Å². The number of nitrogens with zero attached hydrogens (tertiary/aromatic N) is 3. The third-order valence-corrected chi connectivity index (χ3v) is 6.56. The Kier molecular flexibility index (Phi) is 5.24. The van der Waals surface area contributed by atoms with Crippen molar-refractivity contribution in [1.29, 1.82) is 0 Å². The fraction of sp³-hybridized carbons (Fsp3) is 0.185. The summed E-state index contributed by atoms with van der Waals surface area (Å²) >= 11 is 0. The smallest absolute Gasteiger partial charge is 0.282 e. The van der Waals surface area contributed by atoms with E-state index in [0.29, 0.717) is 23.5 Å². The SMILES string of the molecule is Cc1ccc(N2C(=O)C(c3ccc([N+](=O)[O-])cc3)=C(N3CCCc4ccccc43)C2=O)cc1C. The summed E-state index contributed by atoms with van der Waals surface area (Å²) < 4.78 is 0. The second-order valence-corrected chi connectivity index (χ2v) is 8.63. The first-order chi connectivity index (χ1) is 16.4. The fourth-order valence-corrected chi connectivity index (χ4v) is 4.64. The molecule has 0 unspecified atom stereocenters. The predicted octanol–water partition coefficient (Wildman–Crippen LogP) is 4.95. The Hall–Kier alpha value is -4.26. The van der Waals surface area contributed by atoms with Gasteiger partial charge in [0, 0.05) is 24.4 Å². The zero-order valence-electron chi connectivity index (χ0n) is 18.9. The van der Waals surface area contributed by atoms with Crippen molar-refractivity contribution in [3.05, 3.63) is 105 Å². The first-order valence-corrected chi connectivity index (χ1v) is 11.2. The molecule has 0 aliphatic carbocycles. The largest absolute Gasteiger partial charge is 0.336 e. The summed E-state index contributed by atoms with van der Waals surface area (Å²) in [6, 6.07) is 19.2. The summed E-state index contributed by atoms with van der Waals surface area (Å²) in [5.41, 5.74) is 5.56. The molecule has 5 rings (SSSR count). The predicted molar refractivity (Wildman–Crippen MR) is 131 cm³/mol. The van der Waals surface area contributed by atoms with E-state index in [9.17, 15) is 19.7 Å². The van der Waals surface area contributed by atoms with Crippen LogP contribution in [0.3, 0.4) is 0 Å². The van der Waals surface area contributed by atoms with E-state index in [-0.39, 0.29) is 11.3 Å². The van der Waals surface area contributed by atoms with E-state index < -0.39 is 16.7 Å². The maximum atomic E-state index is 13.9. The van der Waals surface area contributed by atoms with Gasteiger partial charge in [0.2, 0.25) is 0 Å². The molecule has 0 fully saturated rings. The van der Waals surface area contributed by atoms with Gasteiger partial charge >= 0.3 is 0 Å². The minimum atomic E-state index is -0.483. The number of para-hydroxylation sites is 1. The van der Waals surface area contributed by atoms with E-state index in [0.717, 1.165) is 35.2 Å². The number of aryl methyl sites for hydroxylation is 3. The Balaban J connectivity index is 1.69. The number of rotatable bonds is 4. The Labute approximate surface area is 197 Å². The van der Waals surface area contributed by atoms with Crippen molar-refractivity contribution in [1.82, 2.24) is 0 Å². The Morgan fingerprint density at radius 2 is 1.62 bits per heavy atom. The number of non-ortho nitro benzene ring substituents is 1. The van der Waals surface area contributed by atoms with Crippen molar-refractivity contribution in [2.45, 2.75) is 26.7 Å². The van der Waals surface area contributed by atoms with Gasteiger partial charge in [0.1, 0.15) is 5.70 Å². The molecular weight excluding hydrogens is 430 g/mol. The molecule has 0 N–H and O–H groups in total. The maximum absolute atomic E-state index is 13.9. The molecule has 34 heavy (non-hydrogen) atoms. The van der Waals surface area contributed by atoms with E-state index in [2.05, 4.69) is 0 Å². The normalized spacial score (nSPS) is 15.7. The third kappa shape index (κ3) is 3.46. The zero-order valence-corrected chi connectivity index (χ0v) is 18.9. The van der Waals surface area contributed by atoms with Crippen LogP contribution in [0.2, 0.25) is 0 Å². The van der Waals surface area contributed by atoms with Gasteiger partial charge in [-0.1, -0.05) is 24.3 Å². The molecule has 7 nitrogen and oxygen atoms in total. The van der Waals surface area contributed by atoms with Gasteiger partial charge < -0.3 is 4.90 Å². The molecule has 0 radical (unpaired) electrons. The molecule has 0 aromatic heterocycles. The second kappa shape index (κ2) is 8.26. The number of carbonyl (C=O) groups is 2. The quantitative estimate of drug-likeness (QED) is 0.317. The van der Waals surface area contributed by atoms with Gasteiger partial charge in [-0.3, -0.25) is 19.7 Å². The first kappa shape index (κ1) is 21.6. The molecule has 170 valence electrons. The van der Waals surface area contributed by atoms with Crippen molar-refractivity contribution in [3.63, 3.8) is 0 Å². The summed E-state index contributed by atoms with van der Waals surface area (Å²) in [4.78, 5) is 41.5. The Morgan fingerprint density at radius 1 is 0.882 bits per heavy atom. The molecule has 2 aliphatic heterocycles. The number of benzene rings is 3. The third-order valence-electron chi connectivity index (χ3n) is 6.56. The van der Waals surface area contributed by atoms with Crippen LogP contribution in [0.15, 0.2) is 72.4 Å². The number of imide groups is 1. The highest BCUT2D eigenvalue weighted by Crippen LogP contribution is 2.40. The van der Waals surface area contributed by atoms with Crippen molar-refractivity contribution in [3.8, 4) is 0 Å². The summed E-state index contributed by atoms with van der Waals surface area (Å²) in [7, 11) is 0. The van der Waals surface area contributed by atoms with Crippen molar-refractivity contribution >= 4 is 34.4 Å². The number of fused-ring (bicyclic) bond motifs is 1. The summed E-state index contributed by atoms with van der Waals surface area (Å²) in [5, 5.41) is 11.2. The van der Waals surface area contributed by atoms with Gasteiger partial charge in [-0.15, -0.1) is 0 Å². The van der Waals surface area contributed by atoms with Crippen LogP contribution < -0.4 is 9.80 Å². The van der Waals surface area contributed by atoms with E-state index in [1.165, 1.54) is 17.0 Å². The highest BCUT2D eigenvalue weighted by Gasteiger charge is 2.43. The lowest BCUT2D eigenvalue weighted by Crippen LogP contribution is -2.37. The van der Waals surface area contributed by atoms with E-state index in [1.807, 2.05) is 55.1 Å². The molecule has 3 aromatic carbocycles. The second-order valence-electron chi connectivity index (χ2n) is 8.63. The maximum Gasteiger partial charge on any atom is 0.282 e. The monoisotopic (exact) mass is 453 g/mol. The van der Waals surface area contributed by atoms with E-state index in [4.69, 9.17) is 0 Å². The lowest BCUT2D eigenvalue weighted by Gasteiger charge is -2.32. The summed E-state index contributed by atoms with van der Waals surface area (Å²) in [6.07, 6.45) is 1.75. The zero-order chi connectivity index (χ0) is 24.0. The van der Waals surface area contributed by atoms with Crippen molar-refractivity contribution < 1.29 is 14.5 Å². The number of amides is 2. The summed E-state index contributed by atoms with van der Waals surface area (Å²) in [6.45, 7) is 4.52. The van der Waals surface area contributed by atoms with Gasteiger partial charge in [-0.25, -0.2) is 4.90 Å². The molecule has 0 atom stereocenters. The molecule has 0 spiro atoms. The molecule has 2 amide bonds. The van der Waals surface area contributed by atoms with Gasteiger partial charge in [-0.05, 0) is 79.3 Å². The standard InChI is InChI=1S/C27H23N3O4/c1-17-9-12-22(16-18(17)2)29-26(31)24(20-10-13-21(14-11-20)30(33)34)25(27(29)32)28-15-5-7-19-6-3-4-8-23(19)28/h3-4,6,8-14,16H,5,7,15H2,1-2H3. The number of hydrogen-bond acceptors (Lipinski definition) is 5. The molecule has 0 bridgehead atoms. The lowest BCUT2D eigenvalue weighted by molar-refractivity contribution is -0.384.